The van der Waals surface area contributed by atoms with Gasteiger partial charge in [-0.1, -0.05) is 61.6 Å². The summed E-state index contributed by atoms with van der Waals surface area (Å²) in [5.74, 6) is 0. The predicted molar refractivity (Wildman–Crippen MR) is 129 cm³/mol. The highest BCUT2D eigenvalue weighted by Crippen LogP contribution is 2.64. The van der Waals surface area contributed by atoms with Crippen LogP contribution in [-0.4, -0.2) is 7.07 Å². The molecule has 2 aliphatic rings. The third kappa shape index (κ3) is 3.70. The molecule has 2 atom stereocenters. The van der Waals surface area contributed by atoms with Crippen molar-refractivity contribution >= 4 is 81.7 Å². The fourth-order valence-corrected chi connectivity index (χ4v) is 9.78. The summed E-state index contributed by atoms with van der Waals surface area (Å²) in [6.45, 7) is 4.37. The molecule has 0 bridgehead atoms. The minimum absolute atomic E-state index is 0.404. The van der Waals surface area contributed by atoms with Gasteiger partial charge in [0.1, 0.15) is 0 Å². The van der Waals surface area contributed by atoms with Crippen LogP contribution in [0.5, 0.6) is 0 Å². The zero-order valence-electron chi connectivity index (χ0n) is 14.4. The van der Waals surface area contributed by atoms with Crippen LogP contribution >= 0.6 is 70.4 Å². The smallest absolute Gasteiger partial charge is 0.190 e. The highest BCUT2D eigenvalue weighted by atomic mass is 33.1. The van der Waals surface area contributed by atoms with Gasteiger partial charge in [-0.25, -0.2) is 0 Å². The summed E-state index contributed by atoms with van der Waals surface area (Å²) in [6, 6.07) is 12.9. The minimum atomic E-state index is -0.404. The lowest BCUT2D eigenvalue weighted by molar-refractivity contribution is 1.12. The van der Waals surface area contributed by atoms with Crippen molar-refractivity contribution < 1.29 is 0 Å². The van der Waals surface area contributed by atoms with Gasteiger partial charge in [0, 0.05) is 9.79 Å². The zero-order valence-corrected chi connectivity index (χ0v) is 19.5. The summed E-state index contributed by atoms with van der Waals surface area (Å²) in [5.41, 5.74) is 5.12. The second-order valence-corrected chi connectivity index (χ2v) is 14.2. The Morgan fingerprint density at radius 2 is 1.23 bits per heavy atom. The number of rotatable bonds is 5. The number of hydrogen-bond acceptors (Lipinski definition) is 8. The van der Waals surface area contributed by atoms with E-state index in [1.54, 1.807) is 45.1 Å². The summed E-state index contributed by atoms with van der Waals surface area (Å²) in [4.78, 5) is 2.54. The van der Waals surface area contributed by atoms with Crippen LogP contribution in [0.2, 0.25) is 0 Å². The maximum atomic E-state index is 4.95. The number of thiol groups is 2. The van der Waals surface area contributed by atoms with Crippen molar-refractivity contribution in [3.63, 3.8) is 0 Å². The second-order valence-electron chi connectivity index (χ2n) is 6.07. The van der Waals surface area contributed by atoms with Crippen LogP contribution in [0.3, 0.4) is 0 Å². The van der Waals surface area contributed by atoms with Gasteiger partial charge in [-0.15, -0.1) is 25.3 Å². The van der Waals surface area contributed by atoms with E-state index in [1.807, 2.05) is 0 Å². The van der Waals surface area contributed by atoms with Crippen molar-refractivity contribution in [3.05, 3.63) is 47.5 Å². The van der Waals surface area contributed by atoms with Crippen molar-refractivity contribution in [1.82, 2.24) is 0 Å². The van der Waals surface area contributed by atoms with Crippen LogP contribution < -0.4 is 10.6 Å². The van der Waals surface area contributed by atoms with Crippen LogP contribution in [0.4, 0.5) is 11.4 Å². The summed E-state index contributed by atoms with van der Waals surface area (Å²) in [6.07, 6.45) is 2.03. The third-order valence-corrected chi connectivity index (χ3v) is 12.4. The van der Waals surface area contributed by atoms with E-state index in [0.29, 0.717) is 0 Å². The van der Waals surface area contributed by atoms with Gasteiger partial charge in [0.05, 0.1) is 11.4 Å². The van der Waals surface area contributed by atoms with E-state index in [0.717, 1.165) is 12.8 Å². The van der Waals surface area contributed by atoms with E-state index in [9.17, 15) is 0 Å². The number of fused-ring (bicyclic) bond motifs is 2. The van der Waals surface area contributed by atoms with E-state index in [2.05, 4.69) is 60.9 Å². The first-order valence-corrected chi connectivity index (χ1v) is 13.1. The number of benzene rings is 2. The van der Waals surface area contributed by atoms with E-state index in [1.165, 1.54) is 32.3 Å². The Bertz CT molecular complexity index is 775. The van der Waals surface area contributed by atoms with Gasteiger partial charge >= 0.3 is 0 Å². The Labute approximate surface area is 182 Å². The Balaban J connectivity index is 1.47. The summed E-state index contributed by atoms with van der Waals surface area (Å²) in [5, 5.41) is 7.23. The molecule has 0 aliphatic carbocycles. The molecule has 0 aromatic heterocycles. The molecular formula is C18H20N2S6. The quantitative estimate of drug-likeness (QED) is 0.219. The largest absolute Gasteiger partial charge is 0.352 e. The normalized spacial score (nSPS) is 26.2. The number of para-hydroxylation sites is 2. The maximum Gasteiger partial charge on any atom is 0.190 e. The summed E-state index contributed by atoms with van der Waals surface area (Å²) < 4.78 is -0.808. The van der Waals surface area contributed by atoms with Crippen LogP contribution in [-0.2, 0) is 12.8 Å². The van der Waals surface area contributed by atoms with Gasteiger partial charge in [0.25, 0.3) is 0 Å². The number of nitrogens with one attached hydrogen (secondary N) is 2. The molecule has 0 saturated carbocycles. The highest BCUT2D eigenvalue weighted by Gasteiger charge is 2.42. The van der Waals surface area contributed by atoms with Gasteiger partial charge in [-0.2, -0.15) is 0 Å². The minimum Gasteiger partial charge on any atom is -0.352 e. The van der Waals surface area contributed by atoms with Crippen LogP contribution in [0, 0.1) is 0 Å². The van der Waals surface area contributed by atoms with Crippen molar-refractivity contribution in [1.29, 1.82) is 0 Å². The van der Waals surface area contributed by atoms with Crippen LogP contribution in [0.1, 0.15) is 25.0 Å². The molecule has 2 aromatic rings. The first-order chi connectivity index (χ1) is 12.5. The lowest BCUT2D eigenvalue weighted by atomic mass is 10.1. The molecule has 0 saturated heterocycles. The molecule has 138 valence electrons. The van der Waals surface area contributed by atoms with Crippen molar-refractivity contribution in [2.24, 2.45) is 0 Å². The van der Waals surface area contributed by atoms with Gasteiger partial charge in [0.2, 0.25) is 0 Å². The Kier molecular flexibility index (Phi) is 5.63. The van der Waals surface area contributed by atoms with Gasteiger partial charge in [-0.05, 0) is 57.7 Å². The van der Waals surface area contributed by atoms with Gasteiger partial charge < -0.3 is 10.6 Å². The number of hydrogen-bond donors (Lipinski definition) is 4. The molecule has 8 heteroatoms. The lowest BCUT2D eigenvalue weighted by Crippen LogP contribution is -2.23. The molecule has 0 radical (unpaired) electrons. The lowest BCUT2D eigenvalue weighted by Gasteiger charge is -2.28. The SMILES string of the molecule is CCc1cccc2c1NC(S)(SSC1(S)Nc3c(CC)cccc3S1)S2. The highest BCUT2D eigenvalue weighted by molar-refractivity contribution is 8.83. The fourth-order valence-electron chi connectivity index (χ4n) is 3.05. The van der Waals surface area contributed by atoms with Crippen LogP contribution in [0.15, 0.2) is 46.2 Å². The molecule has 2 nitrogen and oxygen atoms in total. The van der Waals surface area contributed by atoms with Crippen molar-refractivity contribution in [2.75, 3.05) is 10.6 Å². The molecule has 0 amide bonds. The Hall–Kier alpha value is 0.140. The monoisotopic (exact) mass is 456 g/mol. The molecule has 2 aliphatic heterocycles. The molecule has 0 fully saturated rings. The number of thioether (sulfide) groups is 2. The van der Waals surface area contributed by atoms with E-state index in [-0.39, 0.29) is 0 Å². The molecule has 2 N–H and O–H groups in total. The molecule has 2 heterocycles. The Morgan fingerprint density at radius 3 is 1.62 bits per heavy atom. The number of anilines is 2. The third-order valence-electron chi connectivity index (χ3n) is 4.32. The average Bonchev–Trinajstić information content (AvgIpc) is 3.16. The first kappa shape index (κ1) is 19.5. The summed E-state index contributed by atoms with van der Waals surface area (Å²) >= 11 is 13.4. The van der Waals surface area contributed by atoms with Crippen molar-refractivity contribution in [3.8, 4) is 0 Å². The zero-order chi connectivity index (χ0) is 18.4. The number of aryl methyl sites for hydroxylation is 2. The summed E-state index contributed by atoms with van der Waals surface area (Å²) in [7, 11) is 3.43. The molecule has 2 aromatic carbocycles. The first-order valence-electron chi connectivity index (χ1n) is 8.45. The molecule has 4 rings (SSSR count). The molecule has 0 spiro atoms. The maximum absolute atomic E-state index is 4.95. The van der Waals surface area contributed by atoms with E-state index < -0.39 is 7.07 Å². The van der Waals surface area contributed by atoms with Crippen LogP contribution in [0.25, 0.3) is 0 Å². The predicted octanol–water partition coefficient (Wildman–Crippen LogP) is 7.01. The topological polar surface area (TPSA) is 24.1 Å². The Morgan fingerprint density at radius 1 is 0.808 bits per heavy atom. The van der Waals surface area contributed by atoms with Crippen molar-refractivity contribution in [2.45, 2.75) is 43.6 Å². The molecular weight excluding hydrogens is 437 g/mol. The molecule has 26 heavy (non-hydrogen) atoms. The van der Waals surface area contributed by atoms with Gasteiger partial charge in [0.15, 0.2) is 7.07 Å². The standard InChI is InChI=1S/C18H20N2S6/c1-3-11-7-5-9-13-15(11)19-17(21,23-13)25-26-18(22)20-16-12(4-2)8-6-10-14(16)24-18/h5-10,19-22H,3-4H2,1-2H3. The second kappa shape index (κ2) is 7.52. The molecule has 2 unspecified atom stereocenters. The fraction of sp³-hybridized carbons (Fsp3) is 0.333. The van der Waals surface area contributed by atoms with E-state index >= 15 is 0 Å². The van der Waals surface area contributed by atoms with E-state index in [4.69, 9.17) is 25.3 Å². The van der Waals surface area contributed by atoms with Gasteiger partial charge in [-0.3, -0.25) is 0 Å². The average molecular weight is 457 g/mol.